The Morgan fingerprint density at radius 3 is 2.75 bits per heavy atom. The Labute approximate surface area is 149 Å². The third-order valence-electron chi connectivity index (χ3n) is 3.44. The van der Waals surface area contributed by atoms with Crippen molar-refractivity contribution in [2.24, 2.45) is 0 Å². The van der Waals surface area contributed by atoms with E-state index in [0.717, 1.165) is 11.3 Å². The zero-order chi connectivity index (χ0) is 16.9. The van der Waals surface area contributed by atoms with Crippen molar-refractivity contribution < 1.29 is 4.79 Å². The maximum absolute atomic E-state index is 12.1. The molecule has 1 aromatic heterocycles. The summed E-state index contributed by atoms with van der Waals surface area (Å²) < 4.78 is 1.51. The summed E-state index contributed by atoms with van der Waals surface area (Å²) in [5, 5.41) is 11.9. The van der Waals surface area contributed by atoms with Crippen LogP contribution in [0.25, 0.3) is 5.69 Å². The average Bonchev–Trinajstić information content (AvgIpc) is 3.07. The van der Waals surface area contributed by atoms with Crippen LogP contribution in [0.3, 0.4) is 0 Å². The van der Waals surface area contributed by atoms with Crippen molar-refractivity contribution in [2.45, 2.75) is 6.42 Å². The van der Waals surface area contributed by atoms with Crippen LogP contribution in [0.1, 0.15) is 16.1 Å². The fraction of sp³-hybridized carbons (Fsp3) is 0.118. The van der Waals surface area contributed by atoms with Gasteiger partial charge in [-0.05, 0) is 36.2 Å². The molecule has 1 N–H and O–H groups in total. The number of nitrogens with one attached hydrogen (secondary N) is 1. The average molecular weight is 361 g/mol. The molecule has 3 rings (SSSR count). The molecule has 7 heteroatoms. The van der Waals surface area contributed by atoms with E-state index in [2.05, 4.69) is 15.6 Å². The minimum Gasteiger partial charge on any atom is -0.350 e. The van der Waals surface area contributed by atoms with Gasteiger partial charge in [-0.3, -0.25) is 4.79 Å². The second kappa shape index (κ2) is 7.47. The number of rotatable bonds is 5. The third kappa shape index (κ3) is 3.93. The maximum atomic E-state index is 12.1. The molecule has 1 heterocycles. The van der Waals surface area contributed by atoms with Crippen LogP contribution in [0.2, 0.25) is 10.0 Å². The van der Waals surface area contributed by atoms with E-state index in [1.807, 2.05) is 36.4 Å². The number of aromatic nitrogens is 3. The SMILES string of the molecule is O=C(NCCc1ccccc1Cl)c1cn(-c2cccc(Cl)c2)nn1. The summed E-state index contributed by atoms with van der Waals surface area (Å²) >= 11 is 12.0. The summed E-state index contributed by atoms with van der Waals surface area (Å²) in [6.45, 7) is 0.465. The van der Waals surface area contributed by atoms with Gasteiger partial charge in [-0.2, -0.15) is 0 Å². The van der Waals surface area contributed by atoms with Crippen LogP contribution in [0.5, 0.6) is 0 Å². The number of benzene rings is 2. The Morgan fingerprint density at radius 1 is 1.12 bits per heavy atom. The van der Waals surface area contributed by atoms with Gasteiger partial charge in [-0.25, -0.2) is 4.68 Å². The molecule has 0 aliphatic rings. The fourth-order valence-electron chi connectivity index (χ4n) is 2.22. The first kappa shape index (κ1) is 16.5. The quantitative estimate of drug-likeness (QED) is 0.756. The summed E-state index contributed by atoms with van der Waals surface area (Å²) in [6.07, 6.45) is 2.21. The minimum atomic E-state index is -0.282. The number of carbonyl (C=O) groups excluding carboxylic acids is 1. The van der Waals surface area contributed by atoms with Crippen molar-refractivity contribution in [2.75, 3.05) is 6.54 Å². The number of amides is 1. The lowest BCUT2D eigenvalue weighted by atomic mass is 10.1. The van der Waals surface area contributed by atoms with Crippen LogP contribution in [-0.2, 0) is 6.42 Å². The first-order valence-corrected chi connectivity index (χ1v) is 8.09. The monoisotopic (exact) mass is 360 g/mol. The first-order valence-electron chi connectivity index (χ1n) is 7.33. The van der Waals surface area contributed by atoms with Crippen molar-refractivity contribution in [3.8, 4) is 5.69 Å². The molecule has 0 spiro atoms. The molecule has 0 radical (unpaired) electrons. The molecule has 1 amide bonds. The summed E-state index contributed by atoms with van der Waals surface area (Å²) in [6, 6.07) is 14.7. The second-order valence-corrected chi connectivity index (χ2v) is 5.97. The van der Waals surface area contributed by atoms with E-state index < -0.39 is 0 Å². The number of nitrogens with zero attached hydrogens (tertiary/aromatic N) is 3. The topological polar surface area (TPSA) is 59.8 Å². The van der Waals surface area contributed by atoms with Crippen molar-refractivity contribution in [3.63, 3.8) is 0 Å². The standard InChI is InChI=1S/C17H14Cl2N4O/c18-13-5-3-6-14(10-13)23-11-16(21-22-23)17(24)20-9-8-12-4-1-2-7-15(12)19/h1-7,10-11H,8-9H2,(H,20,24). The minimum absolute atomic E-state index is 0.245. The molecule has 24 heavy (non-hydrogen) atoms. The van der Waals surface area contributed by atoms with Crippen LogP contribution in [0.15, 0.2) is 54.7 Å². The van der Waals surface area contributed by atoms with Crippen LogP contribution in [-0.4, -0.2) is 27.4 Å². The second-order valence-electron chi connectivity index (χ2n) is 5.13. The Hall–Kier alpha value is -2.37. The van der Waals surface area contributed by atoms with Crippen molar-refractivity contribution in [3.05, 3.63) is 76.0 Å². The van der Waals surface area contributed by atoms with Gasteiger partial charge < -0.3 is 5.32 Å². The summed E-state index contributed by atoms with van der Waals surface area (Å²) in [5.74, 6) is -0.282. The highest BCUT2D eigenvalue weighted by Gasteiger charge is 2.11. The zero-order valence-corrected chi connectivity index (χ0v) is 14.1. The van der Waals surface area contributed by atoms with Crippen LogP contribution in [0.4, 0.5) is 0 Å². The largest absolute Gasteiger partial charge is 0.350 e. The number of hydrogen-bond acceptors (Lipinski definition) is 3. The highest BCUT2D eigenvalue weighted by Crippen LogP contribution is 2.15. The normalized spacial score (nSPS) is 10.6. The van der Waals surface area contributed by atoms with Gasteiger partial charge in [0.05, 0.1) is 11.9 Å². The predicted octanol–water partition coefficient (Wildman–Crippen LogP) is 3.55. The summed E-state index contributed by atoms with van der Waals surface area (Å²) in [7, 11) is 0. The van der Waals surface area contributed by atoms with Crippen LogP contribution >= 0.6 is 23.2 Å². The van der Waals surface area contributed by atoms with E-state index in [4.69, 9.17) is 23.2 Å². The summed E-state index contributed by atoms with van der Waals surface area (Å²) in [4.78, 5) is 12.1. The molecule has 5 nitrogen and oxygen atoms in total. The van der Waals surface area contributed by atoms with Gasteiger partial charge in [0.15, 0.2) is 5.69 Å². The maximum Gasteiger partial charge on any atom is 0.273 e. The van der Waals surface area contributed by atoms with Gasteiger partial charge in [0.25, 0.3) is 5.91 Å². The van der Waals surface area contributed by atoms with Gasteiger partial charge in [0.2, 0.25) is 0 Å². The Morgan fingerprint density at radius 2 is 1.96 bits per heavy atom. The summed E-state index contributed by atoms with van der Waals surface area (Å²) in [5.41, 5.74) is 1.97. The van der Waals surface area contributed by atoms with E-state index in [1.165, 1.54) is 4.68 Å². The highest BCUT2D eigenvalue weighted by molar-refractivity contribution is 6.31. The van der Waals surface area contributed by atoms with E-state index in [-0.39, 0.29) is 11.6 Å². The zero-order valence-electron chi connectivity index (χ0n) is 12.6. The van der Waals surface area contributed by atoms with Gasteiger partial charge in [-0.1, -0.05) is 52.7 Å². The van der Waals surface area contributed by atoms with Gasteiger partial charge in [0, 0.05) is 16.6 Å². The Bertz CT molecular complexity index is 863. The number of carbonyl (C=O) groups is 1. The van der Waals surface area contributed by atoms with Gasteiger partial charge in [0.1, 0.15) is 0 Å². The molecule has 0 unspecified atom stereocenters. The van der Waals surface area contributed by atoms with E-state index in [9.17, 15) is 4.79 Å². The molecule has 0 saturated carbocycles. The van der Waals surface area contributed by atoms with Crippen LogP contribution in [0, 0.1) is 0 Å². The van der Waals surface area contributed by atoms with E-state index >= 15 is 0 Å². The van der Waals surface area contributed by atoms with Gasteiger partial charge in [-0.15, -0.1) is 5.10 Å². The molecular formula is C17H14Cl2N4O. The first-order chi connectivity index (χ1) is 11.6. The third-order valence-corrected chi connectivity index (χ3v) is 4.04. The molecule has 2 aromatic carbocycles. The number of halogens is 2. The van der Waals surface area contributed by atoms with Crippen LogP contribution < -0.4 is 5.32 Å². The van der Waals surface area contributed by atoms with Crippen molar-refractivity contribution >= 4 is 29.1 Å². The molecule has 0 bridgehead atoms. The smallest absolute Gasteiger partial charge is 0.273 e. The van der Waals surface area contributed by atoms with E-state index in [0.29, 0.717) is 23.0 Å². The Kier molecular flexibility index (Phi) is 5.13. The molecule has 0 aliphatic carbocycles. The van der Waals surface area contributed by atoms with Crippen molar-refractivity contribution in [1.82, 2.24) is 20.3 Å². The molecule has 0 fully saturated rings. The van der Waals surface area contributed by atoms with E-state index in [1.54, 1.807) is 18.3 Å². The molecule has 0 saturated heterocycles. The molecule has 0 atom stereocenters. The van der Waals surface area contributed by atoms with Crippen molar-refractivity contribution in [1.29, 1.82) is 0 Å². The fourth-order valence-corrected chi connectivity index (χ4v) is 2.63. The Balaban J connectivity index is 1.61. The predicted molar refractivity (Wildman–Crippen MR) is 93.9 cm³/mol. The molecule has 0 aliphatic heterocycles. The molecule has 122 valence electrons. The number of hydrogen-bond donors (Lipinski definition) is 1. The molecule has 3 aromatic rings. The lowest BCUT2D eigenvalue weighted by Gasteiger charge is -2.05. The lowest BCUT2D eigenvalue weighted by Crippen LogP contribution is -2.26. The van der Waals surface area contributed by atoms with Gasteiger partial charge >= 0.3 is 0 Å². The lowest BCUT2D eigenvalue weighted by molar-refractivity contribution is 0.0949. The highest BCUT2D eigenvalue weighted by atomic mass is 35.5. The molecular weight excluding hydrogens is 347 g/mol.